The van der Waals surface area contributed by atoms with Gasteiger partial charge in [0.2, 0.25) is 0 Å². The number of nitrogens with two attached hydrogens (primary N) is 2. The third-order valence-electron chi connectivity index (χ3n) is 3.01. The van der Waals surface area contributed by atoms with E-state index >= 15 is 0 Å². The van der Waals surface area contributed by atoms with Crippen LogP contribution in [0.2, 0.25) is 0 Å². The molecule has 0 saturated heterocycles. The maximum atomic E-state index is 5.68. The topological polar surface area (TPSA) is 89.8 Å². The summed E-state index contributed by atoms with van der Waals surface area (Å²) in [6.07, 6.45) is 1.14. The van der Waals surface area contributed by atoms with Gasteiger partial charge in [0, 0.05) is 17.5 Å². The Balaban J connectivity index is 2.09. The van der Waals surface area contributed by atoms with E-state index in [0.717, 1.165) is 24.4 Å². The molecular weight excluding hydrogens is 282 g/mol. The first-order valence-electron chi connectivity index (χ1n) is 6.96. The van der Waals surface area contributed by atoms with Gasteiger partial charge < -0.3 is 16.8 Å². The molecule has 0 aliphatic heterocycles. The summed E-state index contributed by atoms with van der Waals surface area (Å²) in [6.45, 7) is 6.21. The zero-order chi connectivity index (χ0) is 15.2. The number of hydrogen-bond acceptors (Lipinski definition) is 6. The standard InChI is InChI=1S/C15H21N5S/c1-3-6-18-9-11-4-5-12(7-10(11)2)21-15-19-13(16)8-14(17)20-15/h4-5,7-8,18H,3,6,9H2,1-2H3,(H4,16,17,19,20). The lowest BCUT2D eigenvalue weighted by Crippen LogP contribution is -2.14. The van der Waals surface area contributed by atoms with Gasteiger partial charge in [-0.05, 0) is 54.9 Å². The molecule has 21 heavy (non-hydrogen) atoms. The van der Waals surface area contributed by atoms with Gasteiger partial charge in [-0.2, -0.15) is 0 Å². The lowest BCUT2D eigenvalue weighted by molar-refractivity contribution is 0.673. The second-order valence-electron chi connectivity index (χ2n) is 4.87. The molecule has 0 bridgehead atoms. The van der Waals surface area contributed by atoms with Crippen LogP contribution in [0.5, 0.6) is 0 Å². The van der Waals surface area contributed by atoms with E-state index in [4.69, 9.17) is 11.5 Å². The van der Waals surface area contributed by atoms with Crippen LogP contribution in [-0.2, 0) is 6.54 Å². The first-order chi connectivity index (χ1) is 10.1. The van der Waals surface area contributed by atoms with Crippen LogP contribution in [0, 0.1) is 6.92 Å². The average molecular weight is 303 g/mol. The van der Waals surface area contributed by atoms with Crippen LogP contribution in [-0.4, -0.2) is 16.5 Å². The fraction of sp³-hybridized carbons (Fsp3) is 0.333. The maximum absolute atomic E-state index is 5.68. The Morgan fingerprint density at radius 1 is 1.14 bits per heavy atom. The van der Waals surface area contributed by atoms with Crippen molar-refractivity contribution in [2.24, 2.45) is 0 Å². The van der Waals surface area contributed by atoms with Crippen LogP contribution in [0.1, 0.15) is 24.5 Å². The number of nitrogens with zero attached hydrogens (tertiary/aromatic N) is 2. The molecule has 0 atom stereocenters. The number of nitrogen functional groups attached to an aromatic ring is 2. The van der Waals surface area contributed by atoms with Crippen molar-refractivity contribution in [3.63, 3.8) is 0 Å². The van der Waals surface area contributed by atoms with Crippen molar-refractivity contribution in [3.8, 4) is 0 Å². The zero-order valence-electron chi connectivity index (χ0n) is 12.4. The highest BCUT2D eigenvalue weighted by Gasteiger charge is 2.05. The third kappa shape index (κ3) is 4.61. The van der Waals surface area contributed by atoms with Crippen molar-refractivity contribution in [1.29, 1.82) is 0 Å². The lowest BCUT2D eigenvalue weighted by atomic mass is 10.1. The molecule has 0 aliphatic carbocycles. The maximum Gasteiger partial charge on any atom is 0.196 e. The Morgan fingerprint density at radius 3 is 2.48 bits per heavy atom. The van der Waals surface area contributed by atoms with E-state index in [1.807, 2.05) is 0 Å². The smallest absolute Gasteiger partial charge is 0.196 e. The van der Waals surface area contributed by atoms with E-state index in [0.29, 0.717) is 16.8 Å². The molecule has 0 aliphatic rings. The van der Waals surface area contributed by atoms with E-state index in [1.54, 1.807) is 6.07 Å². The fourth-order valence-electron chi connectivity index (χ4n) is 1.94. The second kappa shape index (κ2) is 7.28. The first-order valence-corrected chi connectivity index (χ1v) is 7.78. The van der Waals surface area contributed by atoms with Crippen molar-refractivity contribution in [2.75, 3.05) is 18.0 Å². The predicted octanol–water partition coefficient (Wildman–Crippen LogP) is 2.60. The molecule has 112 valence electrons. The molecule has 0 spiro atoms. The SMILES string of the molecule is CCCNCc1ccc(Sc2nc(N)cc(N)n2)cc1C. The summed E-state index contributed by atoms with van der Waals surface area (Å²) >= 11 is 1.46. The van der Waals surface area contributed by atoms with Crippen LogP contribution in [0.15, 0.2) is 34.3 Å². The van der Waals surface area contributed by atoms with Crippen molar-refractivity contribution >= 4 is 23.4 Å². The van der Waals surface area contributed by atoms with Crippen molar-refractivity contribution < 1.29 is 0 Å². The molecule has 5 N–H and O–H groups in total. The van der Waals surface area contributed by atoms with Crippen molar-refractivity contribution in [3.05, 3.63) is 35.4 Å². The summed E-state index contributed by atoms with van der Waals surface area (Å²) in [5, 5.41) is 3.98. The van der Waals surface area contributed by atoms with Gasteiger partial charge in [0.1, 0.15) is 11.6 Å². The zero-order valence-corrected chi connectivity index (χ0v) is 13.2. The average Bonchev–Trinajstić information content (AvgIpc) is 2.40. The van der Waals surface area contributed by atoms with E-state index in [9.17, 15) is 0 Å². The Hall–Kier alpha value is -1.79. The van der Waals surface area contributed by atoms with Crippen molar-refractivity contribution in [2.45, 2.75) is 36.9 Å². The predicted molar refractivity (Wildman–Crippen MR) is 88.2 cm³/mol. The van der Waals surface area contributed by atoms with Gasteiger partial charge in [0.05, 0.1) is 0 Å². The Morgan fingerprint density at radius 2 is 1.86 bits per heavy atom. The molecule has 1 aromatic heterocycles. The largest absolute Gasteiger partial charge is 0.383 e. The molecule has 0 radical (unpaired) electrons. The van der Waals surface area contributed by atoms with Crippen LogP contribution in [0.25, 0.3) is 0 Å². The summed E-state index contributed by atoms with van der Waals surface area (Å²) in [7, 11) is 0. The minimum Gasteiger partial charge on any atom is -0.383 e. The molecule has 1 heterocycles. The summed E-state index contributed by atoms with van der Waals surface area (Å²) < 4.78 is 0. The number of nitrogens with one attached hydrogen (secondary N) is 1. The Bertz CT molecular complexity index is 595. The highest BCUT2D eigenvalue weighted by atomic mass is 32.2. The minimum atomic E-state index is 0.391. The normalized spacial score (nSPS) is 10.8. The molecule has 2 rings (SSSR count). The van der Waals surface area contributed by atoms with Gasteiger partial charge in [-0.25, -0.2) is 9.97 Å². The molecular formula is C15H21N5S. The highest BCUT2D eigenvalue weighted by molar-refractivity contribution is 7.99. The van der Waals surface area contributed by atoms with Crippen LogP contribution in [0.3, 0.4) is 0 Å². The number of rotatable bonds is 6. The van der Waals surface area contributed by atoms with E-state index in [1.165, 1.54) is 22.9 Å². The van der Waals surface area contributed by atoms with E-state index < -0.39 is 0 Å². The third-order valence-corrected chi connectivity index (χ3v) is 3.87. The first kappa shape index (κ1) is 15.6. The monoisotopic (exact) mass is 303 g/mol. The van der Waals surface area contributed by atoms with E-state index in [-0.39, 0.29) is 0 Å². The molecule has 0 unspecified atom stereocenters. The molecule has 2 aromatic rings. The lowest BCUT2D eigenvalue weighted by Gasteiger charge is -2.09. The molecule has 0 fully saturated rings. The van der Waals surface area contributed by atoms with Crippen LogP contribution in [0.4, 0.5) is 11.6 Å². The van der Waals surface area contributed by atoms with Gasteiger partial charge in [0.15, 0.2) is 5.16 Å². The number of benzene rings is 1. The number of hydrogen-bond donors (Lipinski definition) is 3. The quantitative estimate of drug-likeness (QED) is 0.561. The van der Waals surface area contributed by atoms with Gasteiger partial charge in [0.25, 0.3) is 0 Å². The van der Waals surface area contributed by atoms with E-state index in [2.05, 4.69) is 47.3 Å². The van der Waals surface area contributed by atoms with Gasteiger partial charge in [-0.1, -0.05) is 13.0 Å². The van der Waals surface area contributed by atoms with Crippen LogP contribution < -0.4 is 16.8 Å². The van der Waals surface area contributed by atoms with Gasteiger partial charge in [-0.3, -0.25) is 0 Å². The number of aromatic nitrogens is 2. The summed E-state index contributed by atoms with van der Waals surface area (Å²) in [5.41, 5.74) is 13.9. The minimum absolute atomic E-state index is 0.391. The molecule has 1 aromatic carbocycles. The summed E-state index contributed by atoms with van der Waals surface area (Å²) in [5.74, 6) is 0.782. The molecule has 6 heteroatoms. The van der Waals surface area contributed by atoms with Crippen molar-refractivity contribution in [1.82, 2.24) is 15.3 Å². The molecule has 0 saturated carbocycles. The van der Waals surface area contributed by atoms with Crippen LogP contribution >= 0.6 is 11.8 Å². The van der Waals surface area contributed by atoms with Gasteiger partial charge >= 0.3 is 0 Å². The summed E-state index contributed by atoms with van der Waals surface area (Å²) in [6, 6.07) is 7.90. The number of aryl methyl sites for hydroxylation is 1. The Kier molecular flexibility index (Phi) is 5.41. The fourth-order valence-corrected chi connectivity index (χ4v) is 2.83. The molecule has 5 nitrogen and oxygen atoms in total. The Labute approximate surface area is 129 Å². The molecule has 0 amide bonds. The second-order valence-corrected chi connectivity index (χ2v) is 5.91. The highest BCUT2D eigenvalue weighted by Crippen LogP contribution is 2.27. The number of anilines is 2. The summed E-state index contributed by atoms with van der Waals surface area (Å²) in [4.78, 5) is 9.44. The van der Waals surface area contributed by atoms with Gasteiger partial charge in [-0.15, -0.1) is 0 Å².